The summed E-state index contributed by atoms with van der Waals surface area (Å²) in [5.74, 6) is 1.17. The van der Waals surface area contributed by atoms with E-state index in [4.69, 9.17) is 4.84 Å². The van der Waals surface area contributed by atoms with E-state index in [1.165, 1.54) is 0 Å². The lowest BCUT2D eigenvalue weighted by Gasteiger charge is -2.12. The summed E-state index contributed by atoms with van der Waals surface area (Å²) >= 11 is 0. The summed E-state index contributed by atoms with van der Waals surface area (Å²) in [5.41, 5.74) is 4.55. The first kappa shape index (κ1) is 20.3. The molecule has 32 heavy (non-hydrogen) atoms. The average Bonchev–Trinajstić information content (AvgIpc) is 3.49. The van der Waals surface area contributed by atoms with Crippen LogP contribution in [-0.4, -0.2) is 48.3 Å². The maximum Gasteiger partial charge on any atom is 0.229 e. The van der Waals surface area contributed by atoms with E-state index in [-0.39, 0.29) is 5.78 Å². The van der Waals surface area contributed by atoms with E-state index < -0.39 is 0 Å². The number of carbonyl (C=O) groups is 1. The van der Waals surface area contributed by atoms with Crippen molar-refractivity contribution >= 4 is 28.3 Å². The van der Waals surface area contributed by atoms with Gasteiger partial charge in [0.05, 0.1) is 18.8 Å². The molecule has 164 valence electrons. The van der Waals surface area contributed by atoms with Crippen LogP contribution in [-0.2, 0) is 18.4 Å². The van der Waals surface area contributed by atoms with Crippen molar-refractivity contribution in [2.75, 3.05) is 18.5 Å². The molecule has 0 spiro atoms. The quantitative estimate of drug-likeness (QED) is 0.467. The van der Waals surface area contributed by atoms with Crippen LogP contribution in [0.1, 0.15) is 35.0 Å². The van der Waals surface area contributed by atoms with Crippen LogP contribution in [0.5, 0.6) is 0 Å². The number of carbonyl (C=O) groups excluding carboxylic acids is 1. The lowest BCUT2D eigenvalue weighted by atomic mass is 10.1. The third-order valence-corrected chi connectivity index (χ3v) is 5.67. The van der Waals surface area contributed by atoms with Crippen LogP contribution in [0.25, 0.3) is 16.7 Å². The van der Waals surface area contributed by atoms with E-state index in [1.54, 1.807) is 17.8 Å². The number of Topliss-reactive ketones (excluding diaryl/α,β-unsaturated/α-hetero) is 1. The first-order valence-corrected chi connectivity index (χ1v) is 10.6. The van der Waals surface area contributed by atoms with Crippen LogP contribution in [0.4, 0.5) is 11.6 Å². The Morgan fingerprint density at radius 2 is 2.12 bits per heavy atom. The summed E-state index contributed by atoms with van der Waals surface area (Å²) in [6.45, 7) is 5.99. The van der Waals surface area contributed by atoms with Gasteiger partial charge in [0.25, 0.3) is 0 Å². The maximum atomic E-state index is 12.0. The van der Waals surface area contributed by atoms with Crippen molar-refractivity contribution in [3.8, 4) is 5.82 Å². The Hall–Kier alpha value is -3.56. The zero-order valence-corrected chi connectivity index (χ0v) is 18.4. The van der Waals surface area contributed by atoms with Gasteiger partial charge in [0.1, 0.15) is 0 Å². The average molecular weight is 432 g/mol. The highest BCUT2D eigenvalue weighted by Gasteiger charge is 2.17. The number of nitrogens with one attached hydrogen (secondary N) is 1. The summed E-state index contributed by atoms with van der Waals surface area (Å²) in [5, 5.41) is 10.7. The van der Waals surface area contributed by atoms with Gasteiger partial charge in [-0.1, -0.05) is 0 Å². The van der Waals surface area contributed by atoms with Crippen LogP contribution < -0.4 is 5.32 Å². The van der Waals surface area contributed by atoms with Gasteiger partial charge in [0, 0.05) is 66.0 Å². The number of hydrogen-bond acceptors (Lipinski definition) is 7. The van der Waals surface area contributed by atoms with Gasteiger partial charge in [-0.15, -0.1) is 0 Å². The Balaban J connectivity index is 1.40. The fraction of sp³-hybridized carbons (Fsp3) is 0.304. The van der Waals surface area contributed by atoms with Crippen molar-refractivity contribution in [1.29, 1.82) is 0 Å². The highest BCUT2D eigenvalue weighted by Crippen LogP contribution is 2.26. The summed E-state index contributed by atoms with van der Waals surface area (Å²) in [4.78, 5) is 26.6. The molecule has 1 N–H and O–H groups in total. The van der Waals surface area contributed by atoms with E-state index in [1.807, 2.05) is 60.3 Å². The summed E-state index contributed by atoms with van der Waals surface area (Å²) in [6, 6.07) is 7.71. The van der Waals surface area contributed by atoms with Gasteiger partial charge in [0.2, 0.25) is 5.95 Å². The standard InChI is InChI=1S/C23H25N7O2/c1-15-17(12-29-9-4-10-32-29)13-30(27-15)22-7-8-24-23(26-22)25-18-5-6-21-19(11-18)20(16(2)31)14-28(21)3/h5-8,11,13-14H,4,9-10,12H2,1-3H3,(H,24,25,26). The molecule has 1 saturated heterocycles. The summed E-state index contributed by atoms with van der Waals surface area (Å²) < 4.78 is 3.72. The molecule has 1 aromatic carbocycles. The molecule has 0 saturated carbocycles. The second kappa shape index (κ2) is 8.18. The van der Waals surface area contributed by atoms with Crippen molar-refractivity contribution in [2.45, 2.75) is 26.8 Å². The molecule has 1 fully saturated rings. The van der Waals surface area contributed by atoms with Crippen molar-refractivity contribution in [3.05, 3.63) is 59.7 Å². The number of aryl methyl sites for hydroxylation is 2. The SMILES string of the molecule is CC(=O)c1cn(C)c2ccc(Nc3nccc(-n4cc(CN5CCCO5)c(C)n4)n3)cc12. The van der Waals surface area contributed by atoms with Crippen molar-refractivity contribution in [3.63, 3.8) is 0 Å². The minimum Gasteiger partial charge on any atom is -0.350 e. The zero-order valence-electron chi connectivity index (χ0n) is 18.4. The molecule has 0 bridgehead atoms. The highest BCUT2D eigenvalue weighted by atomic mass is 16.7. The molecule has 1 aliphatic heterocycles. The first-order valence-electron chi connectivity index (χ1n) is 10.6. The smallest absolute Gasteiger partial charge is 0.229 e. The third kappa shape index (κ3) is 3.88. The molecule has 9 nitrogen and oxygen atoms in total. The van der Waals surface area contributed by atoms with Gasteiger partial charge >= 0.3 is 0 Å². The van der Waals surface area contributed by atoms with Crippen LogP contribution >= 0.6 is 0 Å². The highest BCUT2D eigenvalue weighted by molar-refractivity contribution is 6.07. The molecule has 3 aromatic heterocycles. The molecule has 1 aliphatic rings. The van der Waals surface area contributed by atoms with Crippen LogP contribution in [0.2, 0.25) is 0 Å². The maximum absolute atomic E-state index is 12.0. The Labute approximate surface area is 185 Å². The molecule has 0 aliphatic carbocycles. The number of hydroxylamine groups is 2. The lowest BCUT2D eigenvalue weighted by Crippen LogP contribution is -2.17. The molecule has 4 aromatic rings. The van der Waals surface area contributed by atoms with E-state index in [0.717, 1.165) is 47.4 Å². The Bertz CT molecular complexity index is 1300. The number of rotatable bonds is 6. The minimum atomic E-state index is 0.0372. The fourth-order valence-electron chi connectivity index (χ4n) is 4.00. The fourth-order valence-corrected chi connectivity index (χ4v) is 4.00. The largest absolute Gasteiger partial charge is 0.350 e. The lowest BCUT2D eigenvalue weighted by molar-refractivity contribution is -0.117. The van der Waals surface area contributed by atoms with Crippen LogP contribution in [0, 0.1) is 6.92 Å². The molecule has 0 amide bonds. The third-order valence-electron chi connectivity index (χ3n) is 5.67. The van der Waals surface area contributed by atoms with Gasteiger partial charge in [-0.05, 0) is 38.5 Å². The molecule has 0 atom stereocenters. The van der Waals surface area contributed by atoms with Gasteiger partial charge in [-0.3, -0.25) is 9.63 Å². The number of hydrogen-bond donors (Lipinski definition) is 1. The second-order valence-electron chi connectivity index (χ2n) is 8.04. The van der Waals surface area contributed by atoms with Crippen molar-refractivity contribution in [1.82, 2.24) is 29.4 Å². The predicted molar refractivity (Wildman–Crippen MR) is 121 cm³/mol. The van der Waals surface area contributed by atoms with Gasteiger partial charge in [-0.2, -0.15) is 15.1 Å². The molecule has 0 unspecified atom stereocenters. The molecule has 9 heteroatoms. The Kier molecular flexibility index (Phi) is 5.20. The molecule has 5 rings (SSSR count). The Morgan fingerprint density at radius 3 is 2.91 bits per heavy atom. The summed E-state index contributed by atoms with van der Waals surface area (Å²) in [6.07, 6.45) is 6.60. The van der Waals surface area contributed by atoms with Gasteiger partial charge in [0.15, 0.2) is 11.6 Å². The number of nitrogens with zero attached hydrogens (tertiary/aromatic N) is 6. The molecule has 4 heterocycles. The topological polar surface area (TPSA) is 90.1 Å². The van der Waals surface area contributed by atoms with Gasteiger partial charge in [-0.25, -0.2) is 9.67 Å². The van der Waals surface area contributed by atoms with E-state index in [0.29, 0.717) is 23.9 Å². The second-order valence-corrected chi connectivity index (χ2v) is 8.04. The van der Waals surface area contributed by atoms with E-state index in [9.17, 15) is 4.79 Å². The monoisotopic (exact) mass is 431 g/mol. The van der Waals surface area contributed by atoms with Crippen molar-refractivity contribution in [2.24, 2.45) is 7.05 Å². The van der Waals surface area contributed by atoms with Crippen molar-refractivity contribution < 1.29 is 9.63 Å². The number of benzene rings is 1. The molecular weight excluding hydrogens is 406 g/mol. The minimum absolute atomic E-state index is 0.0372. The number of aromatic nitrogens is 5. The normalized spacial score (nSPS) is 14.3. The number of fused-ring (bicyclic) bond motifs is 1. The molecule has 0 radical (unpaired) electrons. The predicted octanol–water partition coefficient (Wildman–Crippen LogP) is 3.55. The van der Waals surface area contributed by atoms with E-state index in [2.05, 4.69) is 20.4 Å². The zero-order chi connectivity index (χ0) is 22.2. The molecular formula is C23H25N7O2. The summed E-state index contributed by atoms with van der Waals surface area (Å²) in [7, 11) is 1.94. The van der Waals surface area contributed by atoms with Crippen LogP contribution in [0.3, 0.4) is 0 Å². The number of ketones is 1. The van der Waals surface area contributed by atoms with E-state index >= 15 is 0 Å². The van der Waals surface area contributed by atoms with Gasteiger partial charge < -0.3 is 9.88 Å². The van der Waals surface area contributed by atoms with Crippen LogP contribution in [0.15, 0.2) is 42.9 Å². The first-order chi connectivity index (χ1) is 15.5. The number of anilines is 2. The Morgan fingerprint density at radius 1 is 1.25 bits per heavy atom.